The van der Waals surface area contributed by atoms with Crippen LogP contribution in [0.2, 0.25) is 5.02 Å². The molecule has 1 aliphatic rings. The zero-order valence-corrected chi connectivity index (χ0v) is 19.6. The molecule has 1 aromatic heterocycles. The Morgan fingerprint density at radius 1 is 1.06 bits per heavy atom. The number of hydrogen-bond donors (Lipinski definition) is 1. The van der Waals surface area contributed by atoms with E-state index in [0.29, 0.717) is 46.3 Å². The molecule has 178 valence electrons. The number of benzene rings is 3. The fourth-order valence-corrected chi connectivity index (χ4v) is 4.33. The van der Waals surface area contributed by atoms with Crippen molar-refractivity contribution in [2.75, 3.05) is 5.48 Å². The third kappa shape index (κ3) is 5.58. The zero-order chi connectivity index (χ0) is 24.2. The van der Waals surface area contributed by atoms with Crippen LogP contribution in [0.5, 0.6) is 5.75 Å². The zero-order valence-electron chi connectivity index (χ0n) is 18.8. The third-order valence-electron chi connectivity index (χ3n) is 5.90. The lowest BCUT2D eigenvalue weighted by atomic mass is 9.96. The van der Waals surface area contributed by atoms with Gasteiger partial charge in [0, 0.05) is 24.6 Å². The number of ether oxygens (including phenoxy) is 1. The van der Waals surface area contributed by atoms with Crippen molar-refractivity contribution >= 4 is 34.0 Å². The molecule has 5 rings (SSSR count). The van der Waals surface area contributed by atoms with Crippen molar-refractivity contribution in [3.8, 4) is 17.1 Å². The van der Waals surface area contributed by atoms with E-state index in [1.54, 1.807) is 24.4 Å². The van der Waals surface area contributed by atoms with E-state index in [1.165, 1.54) is 12.1 Å². The fraction of sp³-hybridized carbons (Fsp3) is 0.222. The molecule has 0 amide bonds. The summed E-state index contributed by atoms with van der Waals surface area (Å²) < 4.78 is 19.5. The van der Waals surface area contributed by atoms with Gasteiger partial charge in [0.25, 0.3) is 0 Å². The van der Waals surface area contributed by atoms with Gasteiger partial charge in [-0.3, -0.25) is 15.1 Å². The number of hydrogen-bond acceptors (Lipinski definition) is 6. The van der Waals surface area contributed by atoms with Crippen LogP contribution in [0.15, 0.2) is 66.9 Å². The first-order valence-electron chi connectivity index (χ1n) is 11.4. The Morgan fingerprint density at radius 2 is 1.89 bits per heavy atom. The van der Waals surface area contributed by atoms with E-state index in [2.05, 4.69) is 10.5 Å². The molecule has 1 N–H and O–H groups in total. The van der Waals surface area contributed by atoms with Crippen LogP contribution >= 0.6 is 11.6 Å². The SMILES string of the molecule is O=C1CCC(Oc2cccc3nc(-c4ccc(NOCc5cccc(F)c5)cc4Cl)ncc23)CC1. The van der Waals surface area contributed by atoms with Crippen LogP contribution in [0.25, 0.3) is 22.3 Å². The second-order valence-corrected chi connectivity index (χ2v) is 8.86. The number of fused-ring (bicyclic) bond motifs is 1. The molecule has 0 atom stereocenters. The Bertz CT molecular complexity index is 1370. The maximum atomic E-state index is 13.3. The molecule has 8 heteroatoms. The van der Waals surface area contributed by atoms with E-state index in [4.69, 9.17) is 26.2 Å². The first-order valence-corrected chi connectivity index (χ1v) is 11.8. The molecule has 0 bridgehead atoms. The molecule has 0 radical (unpaired) electrons. The molecule has 0 saturated heterocycles. The summed E-state index contributed by atoms with van der Waals surface area (Å²) in [6.45, 7) is 0.201. The molecular formula is C27H23ClFN3O3. The van der Waals surface area contributed by atoms with Crippen LogP contribution in [0.1, 0.15) is 31.2 Å². The molecule has 1 fully saturated rings. The summed E-state index contributed by atoms with van der Waals surface area (Å²) in [6.07, 6.45) is 4.36. The molecule has 35 heavy (non-hydrogen) atoms. The number of nitrogens with one attached hydrogen (secondary N) is 1. The highest BCUT2D eigenvalue weighted by molar-refractivity contribution is 6.33. The summed E-state index contributed by atoms with van der Waals surface area (Å²) in [6, 6.07) is 17.3. The molecule has 3 aromatic carbocycles. The van der Waals surface area contributed by atoms with Crippen LogP contribution in [0, 0.1) is 5.82 Å². The monoisotopic (exact) mass is 491 g/mol. The largest absolute Gasteiger partial charge is 0.490 e. The average Bonchev–Trinajstić information content (AvgIpc) is 2.85. The number of rotatable bonds is 7. The predicted octanol–water partition coefficient (Wildman–Crippen LogP) is 6.52. The van der Waals surface area contributed by atoms with Gasteiger partial charge < -0.3 is 4.74 Å². The quantitative estimate of drug-likeness (QED) is 0.296. The minimum absolute atomic E-state index is 0.0237. The number of halogens is 2. The molecular weight excluding hydrogens is 469 g/mol. The standard InChI is InChI=1S/C27H23ClFN3O3/c28-24-14-19(32-34-16-17-3-1-4-18(29)13-17)7-12-22(24)27-30-15-23-25(31-27)5-2-6-26(23)35-21-10-8-20(33)9-11-21/h1-7,12-15,21,32H,8-11,16H2. The lowest BCUT2D eigenvalue weighted by Gasteiger charge is -2.23. The van der Waals surface area contributed by atoms with Crippen molar-refractivity contribution in [1.29, 1.82) is 0 Å². The molecule has 0 unspecified atom stereocenters. The molecule has 4 aromatic rings. The molecule has 0 spiro atoms. The highest BCUT2D eigenvalue weighted by atomic mass is 35.5. The minimum atomic E-state index is -0.307. The minimum Gasteiger partial charge on any atom is -0.490 e. The number of ketones is 1. The van der Waals surface area contributed by atoms with Gasteiger partial charge in [-0.1, -0.05) is 29.8 Å². The summed E-state index contributed by atoms with van der Waals surface area (Å²) in [4.78, 5) is 26.2. The van der Waals surface area contributed by atoms with E-state index in [-0.39, 0.29) is 18.5 Å². The van der Waals surface area contributed by atoms with E-state index >= 15 is 0 Å². The molecule has 1 saturated carbocycles. The molecule has 1 heterocycles. The summed E-state index contributed by atoms with van der Waals surface area (Å²) in [5, 5.41) is 1.27. The second kappa shape index (κ2) is 10.4. The number of carbonyl (C=O) groups is 1. The fourth-order valence-electron chi connectivity index (χ4n) is 4.06. The first kappa shape index (κ1) is 23.2. The summed E-state index contributed by atoms with van der Waals surface area (Å²) in [5.41, 5.74) is 5.62. The van der Waals surface area contributed by atoms with Crippen molar-refractivity contribution in [1.82, 2.24) is 9.97 Å². The molecule has 0 aliphatic heterocycles. The Morgan fingerprint density at radius 3 is 2.69 bits per heavy atom. The Balaban J connectivity index is 1.29. The third-order valence-corrected chi connectivity index (χ3v) is 6.21. The van der Waals surface area contributed by atoms with Crippen LogP contribution in [-0.4, -0.2) is 21.9 Å². The van der Waals surface area contributed by atoms with Gasteiger partial charge in [0.05, 0.1) is 34.3 Å². The average molecular weight is 492 g/mol. The van der Waals surface area contributed by atoms with Crippen LogP contribution in [0.4, 0.5) is 10.1 Å². The summed E-state index contributed by atoms with van der Waals surface area (Å²) in [5.74, 6) is 1.20. The van der Waals surface area contributed by atoms with Gasteiger partial charge >= 0.3 is 0 Å². The van der Waals surface area contributed by atoms with Crippen molar-refractivity contribution in [3.05, 3.63) is 83.3 Å². The van der Waals surface area contributed by atoms with Gasteiger partial charge in [0.15, 0.2) is 5.82 Å². The summed E-state index contributed by atoms with van der Waals surface area (Å²) >= 11 is 6.53. The van der Waals surface area contributed by atoms with Gasteiger partial charge in [0.1, 0.15) is 17.3 Å². The van der Waals surface area contributed by atoms with Crippen LogP contribution in [-0.2, 0) is 16.2 Å². The topological polar surface area (TPSA) is 73.3 Å². The first-order chi connectivity index (χ1) is 17.0. The van der Waals surface area contributed by atoms with Crippen molar-refractivity contribution in [3.63, 3.8) is 0 Å². The van der Waals surface area contributed by atoms with Gasteiger partial charge in [-0.2, -0.15) is 0 Å². The number of nitrogens with zero attached hydrogens (tertiary/aromatic N) is 2. The lowest BCUT2D eigenvalue weighted by molar-refractivity contribution is -0.121. The highest BCUT2D eigenvalue weighted by Gasteiger charge is 2.21. The molecule has 1 aliphatic carbocycles. The van der Waals surface area contributed by atoms with Gasteiger partial charge in [-0.15, -0.1) is 0 Å². The lowest BCUT2D eigenvalue weighted by Crippen LogP contribution is -2.24. The van der Waals surface area contributed by atoms with Crippen molar-refractivity contribution in [2.45, 2.75) is 38.4 Å². The van der Waals surface area contributed by atoms with Crippen molar-refractivity contribution < 1.29 is 18.8 Å². The molecule has 6 nitrogen and oxygen atoms in total. The van der Waals surface area contributed by atoms with Gasteiger partial charge in [0.2, 0.25) is 0 Å². The van der Waals surface area contributed by atoms with Gasteiger partial charge in [-0.25, -0.2) is 14.4 Å². The summed E-state index contributed by atoms with van der Waals surface area (Å²) in [7, 11) is 0. The number of aromatic nitrogens is 2. The van der Waals surface area contributed by atoms with E-state index < -0.39 is 0 Å². The van der Waals surface area contributed by atoms with Crippen molar-refractivity contribution in [2.24, 2.45) is 0 Å². The number of carbonyl (C=O) groups excluding carboxylic acids is 1. The highest BCUT2D eigenvalue weighted by Crippen LogP contribution is 2.32. The maximum absolute atomic E-state index is 13.3. The Hall–Kier alpha value is -3.55. The Labute approximate surface area is 207 Å². The van der Waals surface area contributed by atoms with E-state index in [0.717, 1.165) is 29.5 Å². The number of anilines is 1. The van der Waals surface area contributed by atoms with Crippen LogP contribution in [0.3, 0.4) is 0 Å². The Kier molecular flexibility index (Phi) is 6.88. The van der Waals surface area contributed by atoms with E-state index in [1.807, 2.05) is 30.3 Å². The number of Topliss-reactive ketones (excluding diaryl/α,β-unsaturated/α-hetero) is 1. The normalized spacial score (nSPS) is 14.3. The second-order valence-electron chi connectivity index (χ2n) is 8.45. The van der Waals surface area contributed by atoms with Gasteiger partial charge in [-0.05, 0) is 60.9 Å². The predicted molar refractivity (Wildman–Crippen MR) is 133 cm³/mol. The maximum Gasteiger partial charge on any atom is 0.161 e. The smallest absolute Gasteiger partial charge is 0.161 e. The van der Waals surface area contributed by atoms with Crippen LogP contribution < -0.4 is 10.2 Å². The van der Waals surface area contributed by atoms with E-state index in [9.17, 15) is 9.18 Å².